The van der Waals surface area contributed by atoms with Gasteiger partial charge in [-0.3, -0.25) is 4.79 Å². The van der Waals surface area contributed by atoms with Crippen molar-refractivity contribution in [2.24, 2.45) is 0 Å². The maximum absolute atomic E-state index is 13.4. The Morgan fingerprint density at radius 1 is 1.38 bits per heavy atom. The van der Waals surface area contributed by atoms with E-state index >= 15 is 0 Å². The number of nitrogens with one attached hydrogen (secondary N) is 1. The number of nitrogens with zero attached hydrogens (tertiary/aromatic N) is 1. The zero-order chi connectivity index (χ0) is 14.6. The molecule has 1 N–H and O–H groups in total. The maximum Gasteiger partial charge on any atom is 0.257 e. The van der Waals surface area contributed by atoms with Crippen molar-refractivity contribution in [2.45, 2.75) is 38.4 Å². The summed E-state index contributed by atoms with van der Waals surface area (Å²) in [5.74, 6) is 0.209. The molecule has 4 nitrogen and oxygen atoms in total. The van der Waals surface area contributed by atoms with Gasteiger partial charge in [0.05, 0.1) is 17.9 Å². The molecule has 2 aliphatic rings. The Balaban J connectivity index is 1.84. The van der Waals surface area contributed by atoms with Crippen LogP contribution in [0.2, 0.25) is 0 Å². The lowest BCUT2D eigenvalue weighted by Crippen LogP contribution is -2.38. The van der Waals surface area contributed by atoms with Crippen molar-refractivity contribution in [1.29, 1.82) is 0 Å². The Labute approximate surface area is 121 Å². The summed E-state index contributed by atoms with van der Waals surface area (Å²) in [5, 5.41) is 0. The van der Waals surface area contributed by atoms with Crippen LogP contribution in [0, 0.1) is 12.7 Å². The fraction of sp³-hybridized carbons (Fsp3) is 0.375. The van der Waals surface area contributed by atoms with Gasteiger partial charge in [0.25, 0.3) is 5.56 Å². The van der Waals surface area contributed by atoms with Crippen molar-refractivity contribution in [3.63, 3.8) is 0 Å². The normalized spacial score (nSPS) is 18.6. The molecular formula is C16H15FN2O2. The number of rotatable bonds is 1. The van der Waals surface area contributed by atoms with Gasteiger partial charge in [-0.2, -0.15) is 0 Å². The number of aromatic nitrogens is 2. The average molecular weight is 286 g/mol. The standard InChI is InChI=1S/C16H15FN2O2/c1-9-7-10(3-4-11(9)17)14-18-12-8-21-16(5-2-6-16)13(12)15(20)19-14/h3-4,7H,2,5-6,8H2,1H3,(H,18,19,20). The molecule has 1 saturated carbocycles. The summed E-state index contributed by atoms with van der Waals surface area (Å²) in [5.41, 5.74) is 2.12. The molecule has 0 radical (unpaired) electrons. The molecule has 1 aromatic carbocycles. The highest BCUT2D eigenvalue weighted by Crippen LogP contribution is 2.48. The van der Waals surface area contributed by atoms with Crippen LogP contribution in [0.4, 0.5) is 4.39 Å². The maximum atomic E-state index is 13.4. The molecule has 21 heavy (non-hydrogen) atoms. The third-order valence-electron chi connectivity index (χ3n) is 4.53. The highest BCUT2D eigenvalue weighted by Gasteiger charge is 2.48. The molecule has 108 valence electrons. The van der Waals surface area contributed by atoms with E-state index in [9.17, 15) is 9.18 Å². The second-order valence-corrected chi connectivity index (χ2v) is 5.84. The Bertz CT molecular complexity index is 793. The van der Waals surface area contributed by atoms with E-state index in [0.717, 1.165) is 25.0 Å². The van der Waals surface area contributed by atoms with Crippen LogP contribution in [0.1, 0.15) is 36.1 Å². The van der Waals surface area contributed by atoms with Crippen LogP contribution in [0.3, 0.4) is 0 Å². The zero-order valence-electron chi connectivity index (χ0n) is 11.7. The van der Waals surface area contributed by atoms with Crippen molar-refractivity contribution >= 4 is 0 Å². The predicted octanol–water partition coefficient (Wildman–Crippen LogP) is 2.79. The molecule has 0 amide bonds. The molecule has 1 spiro atoms. The molecule has 1 fully saturated rings. The van der Waals surface area contributed by atoms with Gasteiger partial charge in [-0.25, -0.2) is 9.37 Å². The van der Waals surface area contributed by atoms with E-state index in [1.54, 1.807) is 19.1 Å². The van der Waals surface area contributed by atoms with Gasteiger partial charge in [-0.05, 0) is 49.9 Å². The van der Waals surface area contributed by atoms with Gasteiger partial charge >= 0.3 is 0 Å². The smallest absolute Gasteiger partial charge is 0.257 e. The number of aromatic amines is 1. The molecule has 2 aromatic rings. The average Bonchev–Trinajstić information content (AvgIpc) is 2.82. The van der Waals surface area contributed by atoms with Crippen molar-refractivity contribution < 1.29 is 9.13 Å². The van der Waals surface area contributed by atoms with Gasteiger partial charge in [0.15, 0.2) is 0 Å². The molecule has 0 atom stereocenters. The number of ether oxygens (including phenoxy) is 1. The van der Waals surface area contributed by atoms with Crippen LogP contribution in [0.25, 0.3) is 11.4 Å². The Hall–Kier alpha value is -2.01. The highest BCUT2D eigenvalue weighted by molar-refractivity contribution is 5.57. The summed E-state index contributed by atoms with van der Waals surface area (Å²) in [6.45, 7) is 2.07. The fourth-order valence-electron chi connectivity index (χ4n) is 3.19. The minimum Gasteiger partial charge on any atom is -0.364 e. The molecule has 2 heterocycles. The first-order valence-electron chi connectivity index (χ1n) is 7.13. The van der Waals surface area contributed by atoms with E-state index in [0.29, 0.717) is 29.1 Å². The van der Waals surface area contributed by atoms with E-state index in [1.807, 2.05) is 0 Å². The molecule has 1 aliphatic heterocycles. The number of H-pyrrole nitrogens is 1. The molecule has 5 heteroatoms. The monoisotopic (exact) mass is 286 g/mol. The lowest BCUT2D eigenvalue weighted by Gasteiger charge is -2.37. The van der Waals surface area contributed by atoms with Gasteiger partial charge in [0, 0.05) is 5.56 Å². The predicted molar refractivity (Wildman–Crippen MR) is 75.3 cm³/mol. The third kappa shape index (κ3) is 1.77. The van der Waals surface area contributed by atoms with Crippen LogP contribution in [-0.2, 0) is 16.9 Å². The van der Waals surface area contributed by atoms with Gasteiger partial charge in [0.2, 0.25) is 0 Å². The highest BCUT2D eigenvalue weighted by atomic mass is 19.1. The van der Waals surface area contributed by atoms with Crippen LogP contribution < -0.4 is 5.56 Å². The molecule has 0 bridgehead atoms. The number of hydrogen-bond acceptors (Lipinski definition) is 3. The van der Waals surface area contributed by atoms with Crippen molar-refractivity contribution in [1.82, 2.24) is 9.97 Å². The number of halogens is 1. The lowest BCUT2D eigenvalue weighted by atomic mass is 9.76. The summed E-state index contributed by atoms with van der Waals surface area (Å²) in [6.07, 6.45) is 2.86. The molecule has 1 aromatic heterocycles. The Morgan fingerprint density at radius 3 is 2.86 bits per heavy atom. The number of aryl methyl sites for hydroxylation is 1. The van der Waals surface area contributed by atoms with Gasteiger partial charge in [-0.15, -0.1) is 0 Å². The van der Waals surface area contributed by atoms with E-state index in [4.69, 9.17) is 4.74 Å². The van der Waals surface area contributed by atoms with Crippen molar-refractivity contribution in [3.05, 3.63) is 51.2 Å². The first-order chi connectivity index (χ1) is 10.1. The molecule has 0 unspecified atom stereocenters. The SMILES string of the molecule is Cc1cc(-c2nc3c(c(=O)[nH]2)C2(CCC2)OC3)ccc1F. The quantitative estimate of drug-likeness (QED) is 0.877. The molecular weight excluding hydrogens is 271 g/mol. The first-order valence-corrected chi connectivity index (χ1v) is 7.13. The Kier molecular flexibility index (Phi) is 2.57. The van der Waals surface area contributed by atoms with E-state index in [-0.39, 0.29) is 11.4 Å². The fourth-order valence-corrected chi connectivity index (χ4v) is 3.19. The zero-order valence-corrected chi connectivity index (χ0v) is 11.7. The summed E-state index contributed by atoms with van der Waals surface area (Å²) in [6, 6.07) is 4.71. The largest absolute Gasteiger partial charge is 0.364 e. The molecule has 0 saturated heterocycles. The number of hydrogen-bond donors (Lipinski definition) is 1. The topological polar surface area (TPSA) is 55.0 Å². The number of fused-ring (bicyclic) bond motifs is 2. The minimum atomic E-state index is -0.396. The first kappa shape index (κ1) is 12.7. The lowest BCUT2D eigenvalue weighted by molar-refractivity contribution is -0.0952. The Morgan fingerprint density at radius 2 is 2.19 bits per heavy atom. The molecule has 4 rings (SSSR count). The summed E-state index contributed by atoms with van der Waals surface area (Å²) in [4.78, 5) is 19.8. The second-order valence-electron chi connectivity index (χ2n) is 5.84. The van der Waals surface area contributed by atoms with Crippen LogP contribution >= 0.6 is 0 Å². The van der Waals surface area contributed by atoms with E-state index < -0.39 is 5.60 Å². The summed E-state index contributed by atoms with van der Waals surface area (Å²) >= 11 is 0. The van der Waals surface area contributed by atoms with Crippen LogP contribution in [-0.4, -0.2) is 9.97 Å². The second kappa shape index (κ2) is 4.24. The van der Waals surface area contributed by atoms with E-state index in [1.165, 1.54) is 6.07 Å². The molecule has 1 aliphatic carbocycles. The van der Waals surface area contributed by atoms with Gasteiger partial charge in [0.1, 0.15) is 17.2 Å². The third-order valence-corrected chi connectivity index (χ3v) is 4.53. The van der Waals surface area contributed by atoms with Crippen LogP contribution in [0.5, 0.6) is 0 Å². The summed E-state index contributed by atoms with van der Waals surface area (Å²) < 4.78 is 19.2. The van der Waals surface area contributed by atoms with Crippen molar-refractivity contribution in [3.8, 4) is 11.4 Å². The van der Waals surface area contributed by atoms with Crippen LogP contribution in [0.15, 0.2) is 23.0 Å². The number of benzene rings is 1. The summed E-state index contributed by atoms with van der Waals surface area (Å²) in [7, 11) is 0. The van der Waals surface area contributed by atoms with Gasteiger partial charge in [-0.1, -0.05) is 0 Å². The van der Waals surface area contributed by atoms with E-state index in [2.05, 4.69) is 9.97 Å². The van der Waals surface area contributed by atoms with Crippen molar-refractivity contribution in [2.75, 3.05) is 0 Å². The van der Waals surface area contributed by atoms with Gasteiger partial charge < -0.3 is 9.72 Å². The minimum absolute atomic E-state index is 0.130.